The Hall–Kier alpha value is -3.16. The van der Waals surface area contributed by atoms with Crippen LogP contribution in [0.1, 0.15) is 22.3 Å². The first-order valence-corrected chi connectivity index (χ1v) is 6.84. The van der Waals surface area contributed by atoms with Crippen LogP contribution in [0.2, 0.25) is 0 Å². The van der Waals surface area contributed by atoms with Crippen molar-refractivity contribution in [2.24, 2.45) is 0 Å². The van der Waals surface area contributed by atoms with E-state index in [1.54, 1.807) is 12.1 Å². The number of carboxylic acids is 1. The van der Waals surface area contributed by atoms with E-state index < -0.39 is 17.2 Å². The summed E-state index contributed by atoms with van der Waals surface area (Å²) in [5.74, 6) is -1.27. The van der Waals surface area contributed by atoms with E-state index in [9.17, 15) is 19.2 Å². The van der Waals surface area contributed by atoms with Gasteiger partial charge in [-0.25, -0.2) is 9.59 Å². The summed E-state index contributed by atoms with van der Waals surface area (Å²) in [7, 11) is 0. The van der Waals surface area contributed by atoms with Crippen LogP contribution in [0.3, 0.4) is 0 Å². The van der Waals surface area contributed by atoms with Crippen molar-refractivity contribution < 1.29 is 14.7 Å². The van der Waals surface area contributed by atoms with Gasteiger partial charge in [-0.1, -0.05) is 12.1 Å². The number of aromatic carboxylic acids is 1. The lowest BCUT2D eigenvalue weighted by molar-refractivity contribution is -0.121. The number of hydrogen-bond donors (Lipinski definition) is 3. The lowest BCUT2D eigenvalue weighted by Crippen LogP contribution is -2.31. The summed E-state index contributed by atoms with van der Waals surface area (Å²) in [5.41, 5.74) is -0.0999. The van der Waals surface area contributed by atoms with Gasteiger partial charge in [-0.3, -0.25) is 14.6 Å². The lowest BCUT2D eigenvalue weighted by atomic mass is 10.1. The van der Waals surface area contributed by atoms with Crippen molar-refractivity contribution in [3.05, 3.63) is 68.5 Å². The number of rotatable bonds is 6. The summed E-state index contributed by atoms with van der Waals surface area (Å²) >= 11 is 0. The molecule has 8 heteroatoms. The number of nitrogens with zero attached hydrogens (tertiary/aromatic N) is 1. The zero-order valence-corrected chi connectivity index (χ0v) is 12.1. The zero-order valence-electron chi connectivity index (χ0n) is 12.1. The molecule has 1 aromatic heterocycles. The molecule has 0 spiro atoms. The average Bonchev–Trinajstić information content (AvgIpc) is 2.52. The predicted octanol–water partition coefficient (Wildman–Crippen LogP) is -0.0587. The highest BCUT2D eigenvalue weighted by Gasteiger charge is 2.05. The maximum atomic E-state index is 11.8. The van der Waals surface area contributed by atoms with Gasteiger partial charge in [-0.2, -0.15) is 0 Å². The normalized spacial score (nSPS) is 10.3. The summed E-state index contributed by atoms with van der Waals surface area (Å²) in [6.07, 6.45) is 1.41. The molecule has 23 heavy (non-hydrogen) atoms. The van der Waals surface area contributed by atoms with E-state index in [0.29, 0.717) is 0 Å². The van der Waals surface area contributed by atoms with Crippen LogP contribution in [0.4, 0.5) is 0 Å². The Balaban J connectivity index is 1.84. The molecule has 3 N–H and O–H groups in total. The molecule has 1 amide bonds. The topological polar surface area (TPSA) is 121 Å². The van der Waals surface area contributed by atoms with E-state index in [1.807, 2.05) is 0 Å². The molecule has 0 unspecified atom stereocenters. The molecule has 0 saturated heterocycles. The minimum absolute atomic E-state index is 0.0825. The van der Waals surface area contributed by atoms with E-state index >= 15 is 0 Å². The van der Waals surface area contributed by atoms with Crippen molar-refractivity contribution in [1.82, 2.24) is 14.9 Å². The standard InChI is InChI=1S/C15H15N3O5/c19-12(5-7-18-8-6-13(20)17-15(18)23)16-9-10-1-3-11(4-2-10)14(21)22/h1-4,6,8H,5,7,9H2,(H,16,19)(H,21,22)(H,17,20,23). The zero-order chi connectivity index (χ0) is 16.8. The number of carbonyl (C=O) groups excluding carboxylic acids is 1. The van der Waals surface area contributed by atoms with Crippen molar-refractivity contribution in [1.29, 1.82) is 0 Å². The number of benzene rings is 1. The Labute approximate surface area is 130 Å². The molecule has 0 aliphatic rings. The number of carboxylic acid groups (broad SMARTS) is 1. The van der Waals surface area contributed by atoms with Gasteiger partial charge in [0, 0.05) is 31.8 Å². The van der Waals surface area contributed by atoms with E-state index in [4.69, 9.17) is 5.11 Å². The average molecular weight is 317 g/mol. The molecule has 8 nitrogen and oxygen atoms in total. The Bertz CT molecular complexity index is 820. The van der Waals surface area contributed by atoms with Gasteiger partial charge in [0.25, 0.3) is 5.56 Å². The summed E-state index contributed by atoms with van der Waals surface area (Å²) in [6.45, 7) is 0.415. The molecule has 0 aliphatic heterocycles. The highest BCUT2D eigenvalue weighted by molar-refractivity contribution is 5.87. The van der Waals surface area contributed by atoms with E-state index in [0.717, 1.165) is 5.56 Å². The maximum Gasteiger partial charge on any atom is 0.335 e. The number of aromatic nitrogens is 2. The number of H-pyrrole nitrogens is 1. The van der Waals surface area contributed by atoms with Gasteiger partial charge < -0.3 is 15.0 Å². The first kappa shape index (κ1) is 16.2. The molecule has 1 heterocycles. The highest BCUT2D eigenvalue weighted by Crippen LogP contribution is 2.04. The van der Waals surface area contributed by atoms with Crippen molar-refractivity contribution >= 4 is 11.9 Å². The quantitative estimate of drug-likeness (QED) is 0.689. The highest BCUT2D eigenvalue weighted by atomic mass is 16.4. The van der Waals surface area contributed by atoms with Gasteiger partial charge in [-0.05, 0) is 17.7 Å². The molecule has 0 atom stereocenters. The molecule has 2 aromatic rings. The molecule has 120 valence electrons. The third-order valence-corrected chi connectivity index (χ3v) is 3.17. The molecule has 0 saturated carbocycles. The fourth-order valence-corrected chi connectivity index (χ4v) is 1.90. The van der Waals surface area contributed by atoms with E-state index in [-0.39, 0.29) is 31.0 Å². The first-order chi connectivity index (χ1) is 11.0. The predicted molar refractivity (Wildman–Crippen MR) is 81.2 cm³/mol. The van der Waals surface area contributed by atoms with Crippen molar-refractivity contribution in [3.8, 4) is 0 Å². The minimum atomic E-state index is -1.01. The third kappa shape index (κ3) is 4.67. The molecular weight excluding hydrogens is 302 g/mol. The van der Waals surface area contributed by atoms with Gasteiger partial charge in [-0.15, -0.1) is 0 Å². The summed E-state index contributed by atoms with van der Waals surface area (Å²) in [6, 6.07) is 7.38. The third-order valence-electron chi connectivity index (χ3n) is 3.17. The number of carbonyl (C=O) groups is 2. The van der Waals surface area contributed by atoms with Gasteiger partial charge in [0.2, 0.25) is 5.91 Å². The number of aromatic amines is 1. The van der Waals surface area contributed by atoms with Crippen LogP contribution in [-0.2, 0) is 17.9 Å². The number of amides is 1. The molecule has 1 aromatic carbocycles. The van der Waals surface area contributed by atoms with E-state index in [2.05, 4.69) is 10.3 Å². The van der Waals surface area contributed by atoms with Gasteiger partial charge in [0.05, 0.1) is 5.56 Å². The SMILES string of the molecule is O=C(CCn1ccc(=O)[nH]c1=O)NCc1ccc(C(=O)O)cc1. The Kier molecular flexibility index (Phi) is 5.08. The number of aryl methyl sites for hydroxylation is 1. The van der Waals surface area contributed by atoms with Gasteiger partial charge in [0.15, 0.2) is 0 Å². The lowest BCUT2D eigenvalue weighted by Gasteiger charge is -2.07. The van der Waals surface area contributed by atoms with Crippen LogP contribution in [0.15, 0.2) is 46.1 Å². The van der Waals surface area contributed by atoms with Crippen LogP contribution in [-0.4, -0.2) is 26.5 Å². The van der Waals surface area contributed by atoms with Crippen LogP contribution in [0.5, 0.6) is 0 Å². The second kappa shape index (κ2) is 7.21. The smallest absolute Gasteiger partial charge is 0.335 e. The molecule has 0 bridgehead atoms. The Morgan fingerprint density at radius 1 is 1.13 bits per heavy atom. The minimum Gasteiger partial charge on any atom is -0.478 e. The molecule has 0 aliphatic carbocycles. The molecular formula is C15H15N3O5. The van der Waals surface area contributed by atoms with E-state index in [1.165, 1.54) is 29.0 Å². The maximum absolute atomic E-state index is 11.8. The Morgan fingerprint density at radius 3 is 2.43 bits per heavy atom. The van der Waals surface area contributed by atoms with Crippen LogP contribution in [0.25, 0.3) is 0 Å². The second-order valence-electron chi connectivity index (χ2n) is 4.83. The number of hydrogen-bond acceptors (Lipinski definition) is 4. The fourth-order valence-electron chi connectivity index (χ4n) is 1.90. The summed E-state index contributed by atoms with van der Waals surface area (Å²) in [4.78, 5) is 47.0. The van der Waals surface area contributed by atoms with Crippen molar-refractivity contribution in [2.75, 3.05) is 0 Å². The monoisotopic (exact) mass is 317 g/mol. The van der Waals surface area contributed by atoms with Gasteiger partial charge >= 0.3 is 11.7 Å². The second-order valence-corrected chi connectivity index (χ2v) is 4.83. The first-order valence-electron chi connectivity index (χ1n) is 6.84. The fraction of sp³-hybridized carbons (Fsp3) is 0.200. The van der Waals surface area contributed by atoms with Crippen molar-refractivity contribution in [2.45, 2.75) is 19.5 Å². The van der Waals surface area contributed by atoms with Crippen LogP contribution in [0, 0.1) is 0 Å². The van der Waals surface area contributed by atoms with Gasteiger partial charge in [0.1, 0.15) is 0 Å². The van der Waals surface area contributed by atoms with Crippen molar-refractivity contribution in [3.63, 3.8) is 0 Å². The van der Waals surface area contributed by atoms with Crippen LogP contribution >= 0.6 is 0 Å². The molecule has 0 fully saturated rings. The number of nitrogens with one attached hydrogen (secondary N) is 2. The largest absolute Gasteiger partial charge is 0.478 e. The summed E-state index contributed by atoms with van der Waals surface area (Å²) in [5, 5.41) is 11.5. The molecule has 0 radical (unpaired) electrons. The molecule has 2 rings (SSSR count). The Morgan fingerprint density at radius 2 is 1.83 bits per heavy atom. The van der Waals surface area contributed by atoms with Crippen LogP contribution < -0.4 is 16.6 Å². The summed E-state index contributed by atoms with van der Waals surface area (Å²) < 4.78 is 1.24.